The molecule has 0 saturated heterocycles. The number of hydrogen-bond donors (Lipinski definition) is 2. The second-order valence-electron chi connectivity index (χ2n) is 7.06. The fourth-order valence-corrected chi connectivity index (χ4v) is 4.96. The van der Waals surface area contributed by atoms with Crippen molar-refractivity contribution in [3.63, 3.8) is 0 Å². The lowest BCUT2D eigenvalue weighted by Gasteiger charge is -2.14. The minimum absolute atomic E-state index is 0.0216. The Hall–Kier alpha value is -2.54. The highest BCUT2D eigenvalue weighted by molar-refractivity contribution is 9.10. The second kappa shape index (κ2) is 8.77. The lowest BCUT2D eigenvalue weighted by atomic mass is 10.2. The van der Waals surface area contributed by atoms with E-state index in [1.54, 1.807) is 0 Å². The van der Waals surface area contributed by atoms with Crippen LogP contribution in [0.2, 0.25) is 0 Å². The van der Waals surface area contributed by atoms with Crippen LogP contribution < -0.4 is 10.5 Å². The van der Waals surface area contributed by atoms with Crippen LogP contribution >= 0.6 is 27.7 Å². The largest absolute Gasteiger partial charge is 0.327 e. The number of carbonyl (C=O) groups is 1. The molecule has 1 atom stereocenters. The molecule has 0 bridgehead atoms. The normalized spacial score (nSPS) is 12.9. The number of anilines is 1. The monoisotopic (exact) mass is 534 g/mol. The van der Waals surface area contributed by atoms with Crippen molar-refractivity contribution in [3.05, 3.63) is 46.9 Å². The Balaban J connectivity index is 1.55. The number of sulfonamides is 1. The van der Waals surface area contributed by atoms with E-state index in [9.17, 15) is 13.2 Å². The van der Waals surface area contributed by atoms with E-state index in [-0.39, 0.29) is 10.8 Å². The van der Waals surface area contributed by atoms with Crippen LogP contribution in [0.4, 0.5) is 5.69 Å². The summed E-state index contributed by atoms with van der Waals surface area (Å²) < 4.78 is 25.6. The Kier molecular flexibility index (Phi) is 6.21. The maximum Gasteiger partial charge on any atom is 0.238 e. The molecule has 4 rings (SSSR count). The summed E-state index contributed by atoms with van der Waals surface area (Å²) in [6, 6.07) is 11.6. The predicted octanol–water partition coefficient (Wildman–Crippen LogP) is 3.44. The molecule has 2 aromatic heterocycles. The number of nitrogens with one attached hydrogen (secondary N) is 1. The Bertz CT molecular complexity index is 1440. The first kappa shape index (κ1) is 22.6. The number of primary sulfonamides is 1. The molecule has 4 aromatic rings. The molecule has 1 amide bonds. The molecule has 0 saturated carbocycles. The van der Waals surface area contributed by atoms with Gasteiger partial charge in [-0.05, 0) is 48.9 Å². The predicted molar refractivity (Wildman–Crippen MR) is 128 cm³/mol. The number of thioether (sulfide) groups is 1. The SMILES string of the molecule is CC[C@@H](Sc1nnc2c3cc(Br)ccc3n(C)c2n1)C(=O)Nc1ccc(S(N)(=O)=O)cc1. The van der Waals surface area contributed by atoms with Crippen molar-refractivity contribution in [2.75, 3.05) is 5.32 Å². The van der Waals surface area contributed by atoms with Gasteiger partial charge in [-0.1, -0.05) is 34.6 Å². The second-order valence-corrected chi connectivity index (χ2v) is 10.7. The standard InChI is InChI=1S/C20H19BrN6O3S2/c1-3-16(19(28)23-12-5-7-13(8-6-12)32(22,29)30)31-20-24-18-17(25-26-20)14-10-11(21)4-9-15(14)27(18)2/h4-10,16H,3H2,1-2H3,(H,23,28)(H2,22,29,30)/t16-/m1/s1. The molecule has 9 nitrogen and oxygen atoms in total. The van der Waals surface area contributed by atoms with E-state index in [4.69, 9.17) is 5.14 Å². The zero-order valence-electron chi connectivity index (χ0n) is 17.1. The van der Waals surface area contributed by atoms with E-state index in [1.807, 2.05) is 36.7 Å². The average Bonchev–Trinajstić information content (AvgIpc) is 3.02. The van der Waals surface area contributed by atoms with Crippen LogP contribution in [0.15, 0.2) is 57.0 Å². The van der Waals surface area contributed by atoms with E-state index in [0.717, 1.165) is 15.4 Å². The lowest BCUT2D eigenvalue weighted by molar-refractivity contribution is -0.115. The van der Waals surface area contributed by atoms with E-state index in [2.05, 4.69) is 36.4 Å². The summed E-state index contributed by atoms with van der Waals surface area (Å²) in [6.07, 6.45) is 0.537. The van der Waals surface area contributed by atoms with Crippen LogP contribution in [-0.4, -0.2) is 39.3 Å². The summed E-state index contributed by atoms with van der Waals surface area (Å²) in [7, 11) is -1.87. The molecule has 32 heavy (non-hydrogen) atoms. The first-order valence-corrected chi connectivity index (χ1v) is 12.8. The average molecular weight is 535 g/mol. The van der Waals surface area contributed by atoms with E-state index in [0.29, 0.717) is 28.4 Å². The molecule has 2 heterocycles. The zero-order valence-corrected chi connectivity index (χ0v) is 20.3. The van der Waals surface area contributed by atoms with Gasteiger partial charge in [0.15, 0.2) is 5.65 Å². The van der Waals surface area contributed by atoms with Gasteiger partial charge in [0.2, 0.25) is 21.1 Å². The lowest BCUT2D eigenvalue weighted by Crippen LogP contribution is -2.25. The number of carbonyl (C=O) groups excluding carboxylic acids is 1. The van der Waals surface area contributed by atoms with Gasteiger partial charge in [0.25, 0.3) is 0 Å². The van der Waals surface area contributed by atoms with Crippen LogP contribution in [-0.2, 0) is 21.9 Å². The van der Waals surface area contributed by atoms with E-state index < -0.39 is 15.3 Å². The summed E-state index contributed by atoms with van der Waals surface area (Å²) in [5.74, 6) is -0.245. The van der Waals surface area contributed by atoms with E-state index >= 15 is 0 Å². The molecular formula is C20H19BrN6O3S2. The molecule has 2 aromatic carbocycles. The van der Waals surface area contributed by atoms with Crippen LogP contribution in [0.1, 0.15) is 13.3 Å². The molecule has 0 aliphatic heterocycles. The number of amides is 1. The number of nitrogens with two attached hydrogens (primary N) is 1. The Labute approximate surface area is 197 Å². The van der Waals surface area contributed by atoms with Crippen molar-refractivity contribution in [1.82, 2.24) is 19.7 Å². The van der Waals surface area contributed by atoms with Crippen molar-refractivity contribution in [2.45, 2.75) is 28.6 Å². The first-order chi connectivity index (χ1) is 15.2. The van der Waals surface area contributed by atoms with Gasteiger partial charge in [-0.25, -0.2) is 18.5 Å². The maximum absolute atomic E-state index is 12.8. The van der Waals surface area contributed by atoms with Gasteiger partial charge >= 0.3 is 0 Å². The van der Waals surface area contributed by atoms with Crippen molar-refractivity contribution in [2.24, 2.45) is 12.2 Å². The van der Waals surface area contributed by atoms with Crippen molar-refractivity contribution in [3.8, 4) is 0 Å². The topological polar surface area (TPSA) is 133 Å². The molecule has 0 aliphatic rings. The Morgan fingerprint density at radius 2 is 1.94 bits per heavy atom. The highest BCUT2D eigenvalue weighted by atomic mass is 79.9. The summed E-state index contributed by atoms with van der Waals surface area (Å²) in [5, 5.41) is 17.4. The highest BCUT2D eigenvalue weighted by Gasteiger charge is 2.21. The molecule has 0 fully saturated rings. The van der Waals surface area contributed by atoms with Gasteiger partial charge in [-0.2, -0.15) is 0 Å². The smallest absolute Gasteiger partial charge is 0.238 e. The third-order valence-electron chi connectivity index (χ3n) is 4.90. The number of rotatable bonds is 6. The van der Waals surface area contributed by atoms with Crippen molar-refractivity contribution >= 4 is 71.4 Å². The van der Waals surface area contributed by atoms with Crippen molar-refractivity contribution in [1.29, 1.82) is 0 Å². The third-order valence-corrected chi connectivity index (χ3v) is 7.54. The van der Waals surface area contributed by atoms with Crippen LogP contribution in [0.5, 0.6) is 0 Å². The number of aryl methyl sites for hydroxylation is 1. The van der Waals surface area contributed by atoms with Gasteiger partial charge in [0, 0.05) is 22.6 Å². The van der Waals surface area contributed by atoms with Crippen molar-refractivity contribution < 1.29 is 13.2 Å². The molecule has 0 radical (unpaired) electrons. The number of nitrogens with zero attached hydrogens (tertiary/aromatic N) is 4. The first-order valence-electron chi connectivity index (χ1n) is 9.56. The highest BCUT2D eigenvalue weighted by Crippen LogP contribution is 2.30. The van der Waals surface area contributed by atoms with E-state index in [1.165, 1.54) is 36.0 Å². The Morgan fingerprint density at radius 3 is 2.59 bits per heavy atom. The minimum Gasteiger partial charge on any atom is -0.327 e. The molecule has 12 heteroatoms. The van der Waals surface area contributed by atoms with Gasteiger partial charge < -0.3 is 9.88 Å². The van der Waals surface area contributed by atoms with Crippen LogP contribution in [0.25, 0.3) is 22.1 Å². The number of benzene rings is 2. The quantitative estimate of drug-likeness (QED) is 0.362. The summed E-state index contributed by atoms with van der Waals surface area (Å²) in [4.78, 5) is 17.4. The molecule has 166 valence electrons. The van der Waals surface area contributed by atoms with Crippen LogP contribution in [0.3, 0.4) is 0 Å². The molecular weight excluding hydrogens is 516 g/mol. The Morgan fingerprint density at radius 1 is 1.22 bits per heavy atom. The molecule has 0 unspecified atom stereocenters. The number of hydrogen-bond acceptors (Lipinski definition) is 7. The summed E-state index contributed by atoms with van der Waals surface area (Å²) >= 11 is 4.70. The summed E-state index contributed by atoms with van der Waals surface area (Å²) in [6.45, 7) is 1.89. The summed E-state index contributed by atoms with van der Waals surface area (Å²) in [5.41, 5.74) is 2.83. The molecule has 0 aliphatic carbocycles. The molecule has 3 N–H and O–H groups in total. The number of aromatic nitrogens is 4. The van der Waals surface area contributed by atoms with Crippen LogP contribution in [0, 0.1) is 0 Å². The maximum atomic E-state index is 12.8. The number of halogens is 1. The number of fused-ring (bicyclic) bond motifs is 3. The minimum atomic E-state index is -3.79. The van der Waals surface area contributed by atoms with Gasteiger partial charge in [0.05, 0.1) is 15.7 Å². The van der Waals surface area contributed by atoms with Gasteiger partial charge in [-0.15, -0.1) is 10.2 Å². The fraction of sp³-hybridized carbons (Fsp3) is 0.200. The third kappa shape index (κ3) is 4.49. The van der Waals surface area contributed by atoms with Gasteiger partial charge in [-0.3, -0.25) is 4.79 Å². The fourth-order valence-electron chi connectivity index (χ4n) is 3.27. The van der Waals surface area contributed by atoms with Gasteiger partial charge in [0.1, 0.15) is 5.52 Å². The molecule has 0 spiro atoms. The zero-order chi connectivity index (χ0) is 23.0.